The summed E-state index contributed by atoms with van der Waals surface area (Å²) in [4.78, 5) is 0. The first kappa shape index (κ1) is 11.8. The molecule has 0 aliphatic rings. The van der Waals surface area contributed by atoms with Crippen molar-refractivity contribution in [3.05, 3.63) is 0 Å². The van der Waals surface area contributed by atoms with Crippen LogP contribution in [-0.2, 0) is 4.74 Å². The van der Waals surface area contributed by atoms with Crippen LogP contribution in [0.2, 0.25) is 0 Å². The summed E-state index contributed by atoms with van der Waals surface area (Å²) in [5.41, 5.74) is 0. The molecule has 0 fully saturated rings. The molecule has 3 heteroatoms. The average Bonchev–Trinajstić information content (AvgIpc) is 2.10. The molecule has 70 valence electrons. The van der Waals surface area contributed by atoms with Crippen molar-refractivity contribution in [2.24, 2.45) is 0 Å². The largest absolute Gasteiger partial charge is 0.382 e. The quantitative estimate of drug-likeness (QED) is 0.433. The molecular formula is C9H17NOS. The van der Waals surface area contributed by atoms with E-state index in [1.54, 1.807) is 0 Å². The predicted octanol–water partition coefficient (Wildman–Crippen LogP) is 2.80. The number of hydrogen-bond acceptors (Lipinski definition) is 3. The van der Waals surface area contributed by atoms with Crippen molar-refractivity contribution in [2.45, 2.75) is 32.6 Å². The normalized spacial score (nSPS) is 9.67. The van der Waals surface area contributed by atoms with Crippen molar-refractivity contribution in [1.29, 1.82) is 5.26 Å². The highest BCUT2D eigenvalue weighted by molar-refractivity contribution is 8.03. The van der Waals surface area contributed by atoms with E-state index in [2.05, 4.69) is 5.40 Å². The summed E-state index contributed by atoms with van der Waals surface area (Å²) in [7, 11) is 0. The van der Waals surface area contributed by atoms with Gasteiger partial charge in [0.1, 0.15) is 5.40 Å². The van der Waals surface area contributed by atoms with E-state index in [0.29, 0.717) is 0 Å². The van der Waals surface area contributed by atoms with Crippen LogP contribution in [0.1, 0.15) is 32.6 Å². The van der Waals surface area contributed by atoms with Gasteiger partial charge in [-0.2, -0.15) is 5.26 Å². The van der Waals surface area contributed by atoms with E-state index in [0.717, 1.165) is 31.8 Å². The third kappa shape index (κ3) is 9.80. The number of unbranched alkanes of at least 4 members (excludes halogenated alkanes) is 3. The van der Waals surface area contributed by atoms with Crippen LogP contribution in [0.4, 0.5) is 0 Å². The molecule has 0 aromatic heterocycles. The number of thiocyanates is 1. The first-order valence-corrected chi connectivity index (χ1v) is 5.49. The molecule has 0 saturated carbocycles. The standard InChI is InChI=1S/C9H17NOS/c1-2-11-7-5-3-4-6-8-12-9-10/h2-8H2,1H3. The van der Waals surface area contributed by atoms with Crippen molar-refractivity contribution >= 4 is 11.8 Å². The highest BCUT2D eigenvalue weighted by Gasteiger charge is 1.90. The second kappa shape index (κ2) is 10.8. The monoisotopic (exact) mass is 187 g/mol. The molecule has 0 atom stereocenters. The molecular weight excluding hydrogens is 170 g/mol. The topological polar surface area (TPSA) is 33.0 Å². The lowest BCUT2D eigenvalue weighted by Gasteiger charge is -1.99. The highest BCUT2D eigenvalue weighted by atomic mass is 32.2. The van der Waals surface area contributed by atoms with Crippen LogP contribution in [-0.4, -0.2) is 19.0 Å². The van der Waals surface area contributed by atoms with Crippen LogP contribution < -0.4 is 0 Å². The molecule has 0 heterocycles. The SMILES string of the molecule is CCOCCCCCCSC#N. The van der Waals surface area contributed by atoms with Gasteiger partial charge >= 0.3 is 0 Å². The van der Waals surface area contributed by atoms with Gasteiger partial charge in [-0.25, -0.2) is 0 Å². The number of nitrogens with zero attached hydrogens (tertiary/aromatic N) is 1. The predicted molar refractivity (Wildman–Crippen MR) is 53.0 cm³/mol. The van der Waals surface area contributed by atoms with Gasteiger partial charge in [0, 0.05) is 19.0 Å². The van der Waals surface area contributed by atoms with Crippen LogP contribution in [0.3, 0.4) is 0 Å². The molecule has 0 N–H and O–H groups in total. The van der Waals surface area contributed by atoms with E-state index in [1.807, 2.05) is 6.92 Å². The van der Waals surface area contributed by atoms with E-state index in [-0.39, 0.29) is 0 Å². The molecule has 0 aromatic carbocycles. The molecule has 0 bridgehead atoms. The Morgan fingerprint density at radius 3 is 2.67 bits per heavy atom. The Kier molecular flexibility index (Phi) is 10.6. The molecule has 0 spiro atoms. The van der Waals surface area contributed by atoms with Gasteiger partial charge in [0.15, 0.2) is 0 Å². The zero-order chi connectivity index (χ0) is 9.07. The summed E-state index contributed by atoms with van der Waals surface area (Å²) >= 11 is 1.35. The van der Waals surface area contributed by atoms with Crippen LogP contribution >= 0.6 is 11.8 Å². The van der Waals surface area contributed by atoms with Gasteiger partial charge in [-0.1, -0.05) is 12.8 Å². The Balaban J connectivity index is 2.78. The number of ether oxygens (including phenoxy) is 1. The maximum atomic E-state index is 8.23. The van der Waals surface area contributed by atoms with Gasteiger partial charge in [0.2, 0.25) is 0 Å². The van der Waals surface area contributed by atoms with Gasteiger partial charge in [0.05, 0.1) is 0 Å². The lowest BCUT2D eigenvalue weighted by atomic mass is 10.2. The van der Waals surface area contributed by atoms with E-state index in [4.69, 9.17) is 10.00 Å². The van der Waals surface area contributed by atoms with E-state index in [1.165, 1.54) is 24.6 Å². The Morgan fingerprint density at radius 1 is 1.25 bits per heavy atom. The van der Waals surface area contributed by atoms with Crippen LogP contribution in [0, 0.1) is 10.7 Å². The van der Waals surface area contributed by atoms with Gasteiger partial charge < -0.3 is 4.74 Å². The number of rotatable bonds is 8. The number of thioether (sulfide) groups is 1. The second-order valence-corrected chi connectivity index (χ2v) is 3.43. The first-order valence-electron chi connectivity index (χ1n) is 4.50. The van der Waals surface area contributed by atoms with Gasteiger partial charge in [-0.15, -0.1) is 0 Å². The fourth-order valence-electron chi connectivity index (χ4n) is 0.922. The molecule has 0 amide bonds. The third-order valence-electron chi connectivity index (χ3n) is 1.55. The molecule has 0 saturated heterocycles. The molecule has 2 nitrogen and oxygen atoms in total. The minimum Gasteiger partial charge on any atom is -0.382 e. The lowest BCUT2D eigenvalue weighted by Crippen LogP contribution is -1.93. The third-order valence-corrected chi connectivity index (χ3v) is 2.18. The molecule has 0 aromatic rings. The zero-order valence-electron chi connectivity index (χ0n) is 7.71. The Bertz CT molecular complexity index is 122. The maximum absolute atomic E-state index is 8.23. The van der Waals surface area contributed by atoms with E-state index < -0.39 is 0 Å². The molecule has 12 heavy (non-hydrogen) atoms. The fourth-order valence-corrected chi connectivity index (χ4v) is 1.36. The molecule has 0 radical (unpaired) electrons. The van der Waals surface area contributed by atoms with Crippen LogP contribution in [0.25, 0.3) is 0 Å². The molecule has 0 rings (SSSR count). The van der Waals surface area contributed by atoms with Crippen LogP contribution in [0.15, 0.2) is 0 Å². The van der Waals surface area contributed by atoms with Crippen molar-refractivity contribution in [1.82, 2.24) is 0 Å². The number of hydrogen-bond donors (Lipinski definition) is 0. The lowest BCUT2D eigenvalue weighted by molar-refractivity contribution is 0.143. The Morgan fingerprint density at radius 2 is 2.00 bits per heavy atom. The summed E-state index contributed by atoms with van der Waals surface area (Å²) < 4.78 is 5.20. The highest BCUT2D eigenvalue weighted by Crippen LogP contribution is 2.05. The maximum Gasteiger partial charge on any atom is 0.133 e. The summed E-state index contributed by atoms with van der Waals surface area (Å²) in [5, 5.41) is 10.3. The van der Waals surface area contributed by atoms with Crippen molar-refractivity contribution in [3.8, 4) is 5.40 Å². The van der Waals surface area contributed by atoms with E-state index >= 15 is 0 Å². The smallest absolute Gasteiger partial charge is 0.133 e. The summed E-state index contributed by atoms with van der Waals surface area (Å²) in [6.07, 6.45) is 4.77. The first-order chi connectivity index (χ1) is 5.91. The zero-order valence-corrected chi connectivity index (χ0v) is 8.53. The molecule has 0 unspecified atom stereocenters. The summed E-state index contributed by atoms with van der Waals surface area (Å²) in [6, 6.07) is 0. The molecule has 0 aliphatic heterocycles. The van der Waals surface area contributed by atoms with Gasteiger partial charge in [-0.05, 0) is 31.5 Å². The van der Waals surface area contributed by atoms with Crippen molar-refractivity contribution in [3.63, 3.8) is 0 Å². The Labute approximate surface area is 79.3 Å². The Hall–Kier alpha value is -0.200. The fraction of sp³-hybridized carbons (Fsp3) is 0.889. The summed E-state index contributed by atoms with van der Waals surface area (Å²) in [5.74, 6) is 0.977. The minimum atomic E-state index is 0.824. The second-order valence-electron chi connectivity index (χ2n) is 2.55. The van der Waals surface area contributed by atoms with E-state index in [9.17, 15) is 0 Å². The minimum absolute atomic E-state index is 0.824. The van der Waals surface area contributed by atoms with Crippen LogP contribution in [0.5, 0.6) is 0 Å². The summed E-state index contributed by atoms with van der Waals surface area (Å²) in [6.45, 7) is 3.73. The molecule has 0 aliphatic carbocycles. The number of nitriles is 1. The van der Waals surface area contributed by atoms with Gasteiger partial charge in [0.25, 0.3) is 0 Å². The van der Waals surface area contributed by atoms with Crippen molar-refractivity contribution in [2.75, 3.05) is 19.0 Å². The van der Waals surface area contributed by atoms with Crippen molar-refractivity contribution < 1.29 is 4.74 Å². The van der Waals surface area contributed by atoms with Gasteiger partial charge in [-0.3, -0.25) is 0 Å². The average molecular weight is 187 g/mol.